The monoisotopic (exact) mass is 371 g/mol. The highest BCUT2D eigenvalue weighted by molar-refractivity contribution is 8.00. The van der Waals surface area contributed by atoms with E-state index in [0.29, 0.717) is 23.1 Å². The highest BCUT2D eigenvalue weighted by Gasteiger charge is 2.43. The summed E-state index contributed by atoms with van der Waals surface area (Å²) in [4.78, 5) is 26.4. The lowest BCUT2D eigenvalue weighted by atomic mass is 10.1. The van der Waals surface area contributed by atoms with Gasteiger partial charge in [0.05, 0.1) is 12.0 Å². The number of esters is 1. The van der Waals surface area contributed by atoms with Gasteiger partial charge in [-0.3, -0.25) is 4.79 Å². The maximum absolute atomic E-state index is 12.7. The fourth-order valence-electron chi connectivity index (χ4n) is 2.53. The summed E-state index contributed by atoms with van der Waals surface area (Å²) >= 11 is 7.43. The first-order valence-corrected chi connectivity index (χ1v) is 9.34. The zero-order chi connectivity index (χ0) is 17.7. The number of hydrogen-bond donors (Lipinski definition) is 0. The number of halogens is 1. The van der Waals surface area contributed by atoms with Crippen LogP contribution in [0.3, 0.4) is 0 Å². The predicted molar refractivity (Wildman–Crippen MR) is 95.3 cm³/mol. The van der Waals surface area contributed by atoms with Crippen LogP contribution in [0.1, 0.15) is 20.8 Å². The lowest BCUT2D eigenvalue weighted by Crippen LogP contribution is -2.49. The zero-order valence-corrected chi connectivity index (χ0v) is 15.6. The number of carbonyl (C=O) groups is 2. The molecule has 7 heteroatoms. The molecular weight excluding hydrogens is 350 g/mol. The molecule has 0 radical (unpaired) electrons. The van der Waals surface area contributed by atoms with Crippen molar-refractivity contribution in [3.8, 4) is 5.75 Å². The van der Waals surface area contributed by atoms with Gasteiger partial charge in [0.1, 0.15) is 11.8 Å². The van der Waals surface area contributed by atoms with Crippen molar-refractivity contribution in [1.82, 2.24) is 4.90 Å². The molecule has 1 saturated heterocycles. The summed E-state index contributed by atoms with van der Waals surface area (Å²) in [6.45, 7) is 6.00. The molecule has 2 rings (SSSR count). The molecule has 0 bridgehead atoms. The average molecular weight is 372 g/mol. The number of hydrogen-bond acceptors (Lipinski definition) is 5. The van der Waals surface area contributed by atoms with Crippen LogP contribution >= 0.6 is 23.4 Å². The first kappa shape index (κ1) is 18.9. The van der Waals surface area contributed by atoms with Crippen molar-refractivity contribution in [2.24, 2.45) is 5.92 Å². The van der Waals surface area contributed by atoms with Crippen molar-refractivity contribution in [3.63, 3.8) is 0 Å². The number of rotatable bonds is 6. The van der Waals surface area contributed by atoms with Gasteiger partial charge < -0.3 is 14.4 Å². The van der Waals surface area contributed by atoms with E-state index in [0.717, 1.165) is 0 Å². The number of carbonyl (C=O) groups excluding carboxylic acids is 2. The summed E-state index contributed by atoms with van der Waals surface area (Å²) in [5.41, 5.74) is 0. The Morgan fingerprint density at radius 2 is 2.00 bits per heavy atom. The second-order valence-corrected chi connectivity index (χ2v) is 7.37. The van der Waals surface area contributed by atoms with Gasteiger partial charge in [-0.2, -0.15) is 0 Å². The zero-order valence-electron chi connectivity index (χ0n) is 14.0. The fraction of sp³-hybridized carbons (Fsp3) is 0.529. The van der Waals surface area contributed by atoms with E-state index in [-0.39, 0.29) is 29.8 Å². The molecule has 1 fully saturated rings. The lowest BCUT2D eigenvalue weighted by Gasteiger charge is -2.30. The topological polar surface area (TPSA) is 55.8 Å². The largest absolute Gasteiger partial charge is 0.484 e. The smallest absolute Gasteiger partial charge is 0.329 e. The minimum Gasteiger partial charge on any atom is -0.484 e. The Labute approximate surface area is 151 Å². The summed E-state index contributed by atoms with van der Waals surface area (Å²) in [5, 5.41) is 0.549. The first-order valence-electron chi connectivity index (χ1n) is 7.91. The molecule has 132 valence electrons. The molecule has 5 nitrogen and oxygen atoms in total. The SMILES string of the molecule is CCOC(=O)C1CSC(C(C)C)N1C(=O)COc1ccc(Cl)cc1. The molecule has 1 aromatic rings. The summed E-state index contributed by atoms with van der Waals surface area (Å²) in [6, 6.07) is 6.26. The standard InChI is InChI=1S/C17H22ClNO4S/c1-4-22-17(21)14-10-24-16(11(2)3)19(14)15(20)9-23-13-7-5-12(18)6-8-13/h5-8,11,14,16H,4,9-10H2,1-3H3. The molecule has 2 atom stereocenters. The third kappa shape index (κ3) is 4.57. The number of benzene rings is 1. The summed E-state index contributed by atoms with van der Waals surface area (Å²) in [6.07, 6.45) is 0. The van der Waals surface area contributed by atoms with Crippen molar-refractivity contribution in [3.05, 3.63) is 29.3 Å². The summed E-state index contributed by atoms with van der Waals surface area (Å²) < 4.78 is 10.6. The van der Waals surface area contributed by atoms with Crippen LogP contribution in [0.5, 0.6) is 5.75 Å². The number of nitrogens with zero attached hydrogens (tertiary/aromatic N) is 1. The minimum absolute atomic E-state index is 0.0549. The highest BCUT2D eigenvalue weighted by Crippen LogP contribution is 2.34. The fourth-order valence-corrected chi connectivity index (χ4v) is 4.14. The third-order valence-corrected chi connectivity index (χ3v) is 5.50. The lowest BCUT2D eigenvalue weighted by molar-refractivity contribution is -0.154. The summed E-state index contributed by atoms with van der Waals surface area (Å²) in [7, 11) is 0. The number of ether oxygens (including phenoxy) is 2. The first-order chi connectivity index (χ1) is 11.4. The average Bonchev–Trinajstić information content (AvgIpc) is 2.99. The molecule has 1 aliphatic heterocycles. The van der Waals surface area contributed by atoms with Crippen molar-refractivity contribution in [2.75, 3.05) is 19.0 Å². The van der Waals surface area contributed by atoms with Gasteiger partial charge in [-0.25, -0.2) is 4.79 Å². The van der Waals surface area contributed by atoms with E-state index >= 15 is 0 Å². The van der Waals surface area contributed by atoms with E-state index in [1.165, 1.54) is 0 Å². The molecule has 0 spiro atoms. The maximum Gasteiger partial charge on any atom is 0.329 e. The van der Waals surface area contributed by atoms with Crippen molar-refractivity contribution in [1.29, 1.82) is 0 Å². The van der Waals surface area contributed by atoms with E-state index in [2.05, 4.69) is 0 Å². The van der Waals surface area contributed by atoms with Gasteiger partial charge in [-0.1, -0.05) is 25.4 Å². The number of thioether (sulfide) groups is 1. The van der Waals surface area contributed by atoms with Crippen LogP contribution in [0.15, 0.2) is 24.3 Å². The van der Waals surface area contributed by atoms with E-state index in [1.54, 1.807) is 47.9 Å². The predicted octanol–water partition coefficient (Wildman–Crippen LogP) is 3.21. The van der Waals surface area contributed by atoms with Gasteiger partial charge in [0.15, 0.2) is 6.61 Å². The Morgan fingerprint density at radius 3 is 2.58 bits per heavy atom. The Kier molecular flexibility index (Phi) is 6.80. The molecule has 24 heavy (non-hydrogen) atoms. The van der Waals surface area contributed by atoms with Crippen LogP contribution in [0.25, 0.3) is 0 Å². The molecule has 1 aliphatic rings. The van der Waals surface area contributed by atoms with Crippen LogP contribution < -0.4 is 4.74 Å². The molecule has 0 aliphatic carbocycles. The van der Waals surface area contributed by atoms with Crippen LogP contribution in [-0.2, 0) is 14.3 Å². The van der Waals surface area contributed by atoms with Gasteiger partial charge >= 0.3 is 5.97 Å². The third-order valence-electron chi connectivity index (χ3n) is 3.63. The van der Waals surface area contributed by atoms with Crippen molar-refractivity contribution in [2.45, 2.75) is 32.2 Å². The Morgan fingerprint density at radius 1 is 1.33 bits per heavy atom. The summed E-state index contributed by atoms with van der Waals surface area (Å²) in [5.74, 6) is 0.774. The van der Waals surface area contributed by atoms with Gasteiger partial charge in [-0.05, 0) is 37.1 Å². The van der Waals surface area contributed by atoms with Crippen molar-refractivity contribution >= 4 is 35.2 Å². The van der Waals surface area contributed by atoms with E-state index in [4.69, 9.17) is 21.1 Å². The second-order valence-electron chi connectivity index (χ2n) is 5.78. The highest BCUT2D eigenvalue weighted by atomic mass is 35.5. The molecule has 1 amide bonds. The van der Waals surface area contributed by atoms with Crippen LogP contribution in [0.2, 0.25) is 5.02 Å². The number of amides is 1. The second kappa shape index (κ2) is 8.62. The molecule has 0 aromatic heterocycles. The van der Waals surface area contributed by atoms with Crippen LogP contribution in [-0.4, -0.2) is 47.2 Å². The van der Waals surface area contributed by atoms with Crippen LogP contribution in [0.4, 0.5) is 0 Å². The molecule has 0 saturated carbocycles. The van der Waals surface area contributed by atoms with E-state index in [1.807, 2.05) is 13.8 Å². The minimum atomic E-state index is -0.552. The molecular formula is C17H22ClNO4S. The van der Waals surface area contributed by atoms with Gasteiger partial charge in [-0.15, -0.1) is 11.8 Å². The van der Waals surface area contributed by atoms with Crippen LogP contribution in [0, 0.1) is 5.92 Å². The van der Waals surface area contributed by atoms with Gasteiger partial charge in [0.25, 0.3) is 5.91 Å². The normalized spacial score (nSPS) is 20.3. The van der Waals surface area contributed by atoms with E-state index < -0.39 is 6.04 Å². The molecule has 2 unspecified atom stereocenters. The van der Waals surface area contributed by atoms with Crippen molar-refractivity contribution < 1.29 is 19.1 Å². The van der Waals surface area contributed by atoms with Gasteiger partial charge in [0, 0.05) is 10.8 Å². The molecule has 1 heterocycles. The Hall–Kier alpha value is -1.40. The quantitative estimate of drug-likeness (QED) is 0.719. The van der Waals surface area contributed by atoms with E-state index in [9.17, 15) is 9.59 Å². The van der Waals surface area contributed by atoms with Gasteiger partial charge in [0.2, 0.25) is 0 Å². The molecule has 0 N–H and O–H groups in total. The Balaban J connectivity index is 2.06. The maximum atomic E-state index is 12.7. The Bertz CT molecular complexity index is 578. The molecule has 1 aromatic carbocycles.